The second kappa shape index (κ2) is 9.64. The molecule has 0 atom stereocenters. The number of aromatic nitrogens is 3. The molecule has 5 nitrogen and oxygen atoms in total. The molecule has 4 aromatic rings. The summed E-state index contributed by atoms with van der Waals surface area (Å²) in [4.78, 5) is 16.7. The molecule has 0 aliphatic rings. The third kappa shape index (κ3) is 5.31. The molecule has 5 heteroatoms. The lowest BCUT2D eigenvalue weighted by Gasteiger charge is -2.10. The largest absolute Gasteiger partial charge is 0.352 e. The Hall–Kier alpha value is -4.04. The normalized spacial score (nSPS) is 10.4. The molecule has 31 heavy (non-hydrogen) atoms. The number of imidazole rings is 1. The third-order valence-electron chi connectivity index (χ3n) is 4.97. The number of carbonyl (C=O) groups excluding carboxylic acids is 1. The number of hydrogen-bond acceptors (Lipinski definition) is 2. The molecule has 0 bridgehead atoms. The lowest BCUT2D eigenvalue weighted by atomic mass is 10.1. The molecule has 0 aliphatic heterocycles. The highest BCUT2D eigenvalue weighted by Crippen LogP contribution is 2.17. The van der Waals surface area contributed by atoms with Gasteiger partial charge in [-0.15, -0.1) is 0 Å². The van der Waals surface area contributed by atoms with Gasteiger partial charge in [-0.25, -0.2) is 4.98 Å². The molecule has 0 spiro atoms. The smallest absolute Gasteiger partial charge is 0.251 e. The predicted molar refractivity (Wildman–Crippen MR) is 122 cm³/mol. The highest BCUT2D eigenvalue weighted by molar-refractivity contribution is 5.95. The third-order valence-corrected chi connectivity index (χ3v) is 4.97. The van der Waals surface area contributed by atoms with E-state index in [9.17, 15) is 4.79 Å². The standard InChI is InChI=1S/C26H24N4O/c1-21-5-7-22(8-6-21)9-10-23-19-24(11-12-25(23)30-16-2-3-17-30)26(31)28-13-4-15-29-18-14-27-20-29/h2-3,5-8,11-12,14,16-20H,4,13,15H2,1H3,(H,28,31). The number of rotatable bonds is 6. The molecule has 4 rings (SSSR count). The van der Waals surface area contributed by atoms with E-state index in [1.165, 1.54) is 5.56 Å². The highest BCUT2D eigenvalue weighted by atomic mass is 16.1. The van der Waals surface area contributed by atoms with Crippen LogP contribution in [-0.2, 0) is 6.54 Å². The number of carbonyl (C=O) groups is 1. The zero-order valence-corrected chi connectivity index (χ0v) is 17.5. The van der Waals surface area contributed by atoms with Crippen LogP contribution in [0.4, 0.5) is 0 Å². The van der Waals surface area contributed by atoms with E-state index in [-0.39, 0.29) is 5.91 Å². The summed E-state index contributed by atoms with van der Waals surface area (Å²) >= 11 is 0. The van der Waals surface area contributed by atoms with Gasteiger partial charge in [-0.3, -0.25) is 4.79 Å². The van der Waals surface area contributed by atoms with Crippen molar-refractivity contribution in [3.05, 3.63) is 108 Å². The topological polar surface area (TPSA) is 51.9 Å². The van der Waals surface area contributed by atoms with Crippen LogP contribution >= 0.6 is 0 Å². The Morgan fingerprint density at radius 1 is 1.03 bits per heavy atom. The van der Waals surface area contributed by atoms with Crippen LogP contribution in [0.1, 0.15) is 33.5 Å². The molecule has 0 fully saturated rings. The molecule has 2 heterocycles. The fourth-order valence-corrected chi connectivity index (χ4v) is 3.26. The molecule has 2 aromatic carbocycles. The number of amides is 1. The van der Waals surface area contributed by atoms with Gasteiger partial charge in [0.05, 0.1) is 12.0 Å². The van der Waals surface area contributed by atoms with Gasteiger partial charge in [-0.05, 0) is 55.8 Å². The SMILES string of the molecule is Cc1ccc(C#Cc2cc(C(=O)NCCCn3ccnc3)ccc2-n2cccc2)cc1. The van der Waals surface area contributed by atoms with Crippen molar-refractivity contribution in [1.29, 1.82) is 0 Å². The van der Waals surface area contributed by atoms with Gasteiger partial charge < -0.3 is 14.5 Å². The minimum absolute atomic E-state index is 0.0944. The monoisotopic (exact) mass is 408 g/mol. The van der Waals surface area contributed by atoms with Gasteiger partial charge in [0.25, 0.3) is 5.91 Å². The van der Waals surface area contributed by atoms with Crippen molar-refractivity contribution in [2.45, 2.75) is 19.9 Å². The Morgan fingerprint density at radius 2 is 1.84 bits per heavy atom. The average Bonchev–Trinajstić information content (AvgIpc) is 3.50. The predicted octanol–water partition coefficient (Wildman–Crippen LogP) is 4.20. The van der Waals surface area contributed by atoms with Crippen LogP contribution in [0.2, 0.25) is 0 Å². The van der Waals surface area contributed by atoms with E-state index in [2.05, 4.69) is 29.1 Å². The Kier molecular flexibility index (Phi) is 6.29. The summed E-state index contributed by atoms with van der Waals surface area (Å²) in [5.41, 5.74) is 4.50. The minimum atomic E-state index is -0.0944. The zero-order valence-electron chi connectivity index (χ0n) is 17.5. The molecular formula is C26H24N4O. The molecule has 0 saturated heterocycles. The number of benzene rings is 2. The molecule has 1 amide bonds. The minimum Gasteiger partial charge on any atom is -0.352 e. The van der Waals surface area contributed by atoms with Gasteiger partial charge in [0.1, 0.15) is 0 Å². The van der Waals surface area contributed by atoms with E-state index in [4.69, 9.17) is 0 Å². The lowest BCUT2D eigenvalue weighted by molar-refractivity contribution is 0.0952. The summed E-state index contributed by atoms with van der Waals surface area (Å²) in [5.74, 6) is 6.38. The Balaban J connectivity index is 1.52. The molecule has 0 unspecified atom stereocenters. The zero-order chi connectivity index (χ0) is 21.5. The molecule has 154 valence electrons. The van der Waals surface area contributed by atoms with Gasteiger partial charge in [0.15, 0.2) is 0 Å². The van der Waals surface area contributed by atoms with Crippen LogP contribution in [-0.4, -0.2) is 26.6 Å². The first-order chi connectivity index (χ1) is 15.2. The van der Waals surface area contributed by atoms with Crippen LogP contribution < -0.4 is 5.32 Å². The maximum absolute atomic E-state index is 12.7. The maximum Gasteiger partial charge on any atom is 0.251 e. The molecule has 2 aromatic heterocycles. The first-order valence-corrected chi connectivity index (χ1v) is 10.3. The number of hydrogen-bond donors (Lipinski definition) is 1. The number of aryl methyl sites for hydroxylation is 2. The van der Waals surface area contributed by atoms with Crippen LogP contribution in [0.25, 0.3) is 5.69 Å². The van der Waals surface area contributed by atoms with Gasteiger partial charge in [0.2, 0.25) is 0 Å². The Bertz CT molecular complexity index is 1190. The summed E-state index contributed by atoms with van der Waals surface area (Å²) in [6, 6.07) is 17.7. The van der Waals surface area contributed by atoms with E-state index >= 15 is 0 Å². The van der Waals surface area contributed by atoms with E-state index < -0.39 is 0 Å². The van der Waals surface area contributed by atoms with Crippen molar-refractivity contribution in [2.75, 3.05) is 6.54 Å². The van der Waals surface area contributed by atoms with Crippen molar-refractivity contribution in [2.24, 2.45) is 0 Å². The summed E-state index contributed by atoms with van der Waals surface area (Å²) in [6.07, 6.45) is 10.2. The molecule has 0 radical (unpaired) electrons. The molecular weight excluding hydrogens is 384 g/mol. The fraction of sp³-hybridized carbons (Fsp3) is 0.154. The van der Waals surface area contributed by atoms with Crippen LogP contribution in [0.15, 0.2) is 85.7 Å². The maximum atomic E-state index is 12.7. The first-order valence-electron chi connectivity index (χ1n) is 10.3. The van der Waals surface area contributed by atoms with Crippen molar-refractivity contribution in [3.63, 3.8) is 0 Å². The van der Waals surface area contributed by atoms with Gasteiger partial charge in [0, 0.05) is 54.6 Å². The van der Waals surface area contributed by atoms with E-state index in [1.807, 2.05) is 82.3 Å². The Morgan fingerprint density at radius 3 is 2.58 bits per heavy atom. The van der Waals surface area contributed by atoms with Gasteiger partial charge in [-0.2, -0.15) is 0 Å². The van der Waals surface area contributed by atoms with Crippen molar-refractivity contribution >= 4 is 5.91 Å². The highest BCUT2D eigenvalue weighted by Gasteiger charge is 2.09. The van der Waals surface area contributed by atoms with E-state index in [0.29, 0.717) is 12.1 Å². The molecule has 0 saturated carbocycles. The van der Waals surface area contributed by atoms with E-state index in [0.717, 1.165) is 29.8 Å². The molecule has 0 aliphatic carbocycles. The summed E-state index contributed by atoms with van der Waals surface area (Å²) in [7, 11) is 0. The van der Waals surface area contributed by atoms with Crippen LogP contribution in [0, 0.1) is 18.8 Å². The van der Waals surface area contributed by atoms with Gasteiger partial charge in [-0.1, -0.05) is 29.5 Å². The second-order valence-electron chi connectivity index (χ2n) is 7.35. The lowest BCUT2D eigenvalue weighted by Crippen LogP contribution is -2.25. The average molecular weight is 409 g/mol. The quantitative estimate of drug-likeness (QED) is 0.384. The fourth-order valence-electron chi connectivity index (χ4n) is 3.26. The Labute approximate surface area is 182 Å². The summed E-state index contributed by atoms with van der Waals surface area (Å²) in [5, 5.41) is 3.00. The van der Waals surface area contributed by atoms with Crippen molar-refractivity contribution in [3.8, 4) is 17.5 Å². The van der Waals surface area contributed by atoms with Crippen molar-refractivity contribution < 1.29 is 4.79 Å². The second-order valence-corrected chi connectivity index (χ2v) is 7.35. The number of nitrogens with zero attached hydrogens (tertiary/aromatic N) is 3. The number of nitrogens with one attached hydrogen (secondary N) is 1. The van der Waals surface area contributed by atoms with Gasteiger partial charge >= 0.3 is 0 Å². The summed E-state index contributed by atoms with van der Waals surface area (Å²) in [6.45, 7) is 3.47. The van der Waals surface area contributed by atoms with Crippen LogP contribution in [0.3, 0.4) is 0 Å². The van der Waals surface area contributed by atoms with Crippen molar-refractivity contribution in [1.82, 2.24) is 19.4 Å². The molecule has 1 N–H and O–H groups in total. The first kappa shape index (κ1) is 20.2. The summed E-state index contributed by atoms with van der Waals surface area (Å²) < 4.78 is 4.00. The van der Waals surface area contributed by atoms with E-state index in [1.54, 1.807) is 12.5 Å². The van der Waals surface area contributed by atoms with Crippen LogP contribution in [0.5, 0.6) is 0 Å².